The first kappa shape index (κ1) is 19.2. The van der Waals surface area contributed by atoms with E-state index in [9.17, 15) is 18.0 Å². The average Bonchev–Trinajstić information content (AvgIpc) is 3.33. The van der Waals surface area contributed by atoms with Gasteiger partial charge < -0.3 is 10.1 Å². The minimum absolute atomic E-state index is 0.0623. The first-order valence-electron chi connectivity index (χ1n) is 9.01. The number of carbonyl (C=O) groups is 2. The van der Waals surface area contributed by atoms with Crippen molar-refractivity contribution in [1.82, 2.24) is 14.3 Å². The predicted molar refractivity (Wildman–Crippen MR) is 107 cm³/mol. The molecule has 2 atom stereocenters. The number of cyclic esters (lactones) is 1. The van der Waals surface area contributed by atoms with Crippen molar-refractivity contribution in [2.24, 2.45) is 0 Å². The van der Waals surface area contributed by atoms with Crippen molar-refractivity contribution in [3.05, 3.63) is 48.7 Å². The molecule has 9 nitrogen and oxygen atoms in total. The second kappa shape index (κ2) is 6.73. The molecule has 1 aliphatic heterocycles. The van der Waals surface area contributed by atoms with Gasteiger partial charge in [-0.15, -0.1) is 0 Å². The van der Waals surface area contributed by atoms with Crippen molar-refractivity contribution in [2.45, 2.75) is 24.1 Å². The molecular weight excluding hydrogens is 396 g/mol. The number of nitrogens with zero attached hydrogens (tertiary/aromatic N) is 3. The number of rotatable bonds is 4. The smallest absolute Gasteiger partial charge is 0.407 e. The second-order valence-electron chi connectivity index (χ2n) is 7.20. The largest absolute Gasteiger partial charge is 0.447 e. The molecule has 0 aromatic carbocycles. The number of hydrogen-bond acceptors (Lipinski definition) is 6. The number of fused-ring (bicyclic) bond motifs is 1. The van der Waals surface area contributed by atoms with Crippen molar-refractivity contribution in [1.29, 1.82) is 0 Å². The van der Waals surface area contributed by atoms with Crippen molar-refractivity contribution < 1.29 is 22.7 Å². The van der Waals surface area contributed by atoms with E-state index in [0.717, 1.165) is 3.97 Å². The van der Waals surface area contributed by atoms with Gasteiger partial charge in [-0.2, -0.15) is 0 Å². The molecule has 2 aromatic heterocycles. The normalized spacial score (nSPS) is 23.8. The Bertz CT molecular complexity index is 1170. The summed E-state index contributed by atoms with van der Waals surface area (Å²) in [4.78, 5) is 29.5. The molecule has 1 unspecified atom stereocenters. The molecule has 2 aromatic rings. The highest BCUT2D eigenvalue weighted by Gasteiger charge is 2.39. The fraction of sp³-hybridized carbons (Fsp3) is 0.316. The predicted octanol–water partition coefficient (Wildman–Crippen LogP) is 1.56. The van der Waals surface area contributed by atoms with E-state index in [0.29, 0.717) is 11.8 Å². The number of ether oxygens (including phenoxy) is 1. The van der Waals surface area contributed by atoms with E-state index in [1.165, 1.54) is 18.1 Å². The van der Waals surface area contributed by atoms with E-state index in [2.05, 4.69) is 10.3 Å². The molecule has 1 N–H and O–H groups in total. The van der Waals surface area contributed by atoms with E-state index in [4.69, 9.17) is 4.74 Å². The summed E-state index contributed by atoms with van der Waals surface area (Å²) in [7, 11) is -2.28. The van der Waals surface area contributed by atoms with Gasteiger partial charge in [0, 0.05) is 18.6 Å². The van der Waals surface area contributed by atoms with Gasteiger partial charge in [0.15, 0.2) is 5.65 Å². The molecule has 10 heteroatoms. The van der Waals surface area contributed by atoms with Crippen LogP contribution in [-0.4, -0.2) is 53.8 Å². The first-order valence-corrected chi connectivity index (χ1v) is 10.5. The molecule has 0 spiro atoms. The van der Waals surface area contributed by atoms with Crippen LogP contribution < -0.4 is 10.2 Å². The van der Waals surface area contributed by atoms with Gasteiger partial charge in [0.2, 0.25) is 10.0 Å². The monoisotopic (exact) mass is 416 g/mol. The molecule has 4 rings (SSSR count). The molecule has 0 bridgehead atoms. The van der Waals surface area contributed by atoms with Crippen LogP contribution in [0.2, 0.25) is 0 Å². The van der Waals surface area contributed by atoms with Crippen molar-refractivity contribution >= 4 is 38.9 Å². The van der Waals surface area contributed by atoms with E-state index < -0.39 is 32.8 Å². The molecule has 0 saturated carbocycles. The fourth-order valence-electron chi connectivity index (χ4n) is 3.34. The summed E-state index contributed by atoms with van der Waals surface area (Å²) < 4.78 is 31.5. The molecule has 152 valence electrons. The molecule has 2 aliphatic rings. The number of aromatic nitrogens is 2. The minimum atomic E-state index is -3.79. The van der Waals surface area contributed by atoms with Crippen molar-refractivity contribution in [2.75, 3.05) is 18.6 Å². The van der Waals surface area contributed by atoms with E-state index in [1.807, 2.05) is 12.2 Å². The Morgan fingerprint density at radius 3 is 2.79 bits per heavy atom. The van der Waals surface area contributed by atoms with Crippen LogP contribution in [0.25, 0.3) is 11.0 Å². The number of hydrogen-bond donors (Lipinski definition) is 1. The summed E-state index contributed by atoms with van der Waals surface area (Å²) in [5.74, 6) is -0.140. The van der Waals surface area contributed by atoms with E-state index in [-0.39, 0.29) is 18.1 Å². The van der Waals surface area contributed by atoms with Crippen LogP contribution in [0.5, 0.6) is 0 Å². The number of carbonyl (C=O) groups excluding carboxylic acids is 2. The topological polar surface area (TPSA) is 111 Å². The first-order chi connectivity index (χ1) is 13.7. The van der Waals surface area contributed by atoms with Gasteiger partial charge in [-0.05, 0) is 31.5 Å². The molecule has 1 aliphatic carbocycles. The lowest BCUT2D eigenvalue weighted by Gasteiger charge is -2.27. The SMILES string of the molecule is CN(C(=O)[C@@H]1COC(=O)N1)c1ccc2ccn(S(=O)(=O)C3(C)C=CC=CC3)c2n1. The molecule has 0 radical (unpaired) electrons. The third-order valence-corrected chi connectivity index (χ3v) is 7.50. The van der Waals surface area contributed by atoms with E-state index >= 15 is 0 Å². The Labute approximate surface area is 167 Å². The van der Waals surface area contributed by atoms with Gasteiger partial charge in [0.25, 0.3) is 5.91 Å². The van der Waals surface area contributed by atoms with Crippen LogP contribution >= 0.6 is 0 Å². The highest BCUT2D eigenvalue weighted by atomic mass is 32.2. The number of amides is 2. The quantitative estimate of drug-likeness (QED) is 0.810. The summed E-state index contributed by atoms with van der Waals surface area (Å²) in [6, 6.07) is 4.19. The maximum atomic E-state index is 13.3. The number of allylic oxidation sites excluding steroid dienone is 3. The molecule has 29 heavy (non-hydrogen) atoms. The summed E-state index contributed by atoms with van der Waals surface area (Å²) in [5, 5.41) is 3.06. The highest BCUT2D eigenvalue weighted by Crippen LogP contribution is 2.31. The molecule has 2 amide bonds. The van der Waals surface area contributed by atoms with Gasteiger partial charge in [0.05, 0.1) is 0 Å². The summed E-state index contributed by atoms with van der Waals surface area (Å²) >= 11 is 0. The lowest BCUT2D eigenvalue weighted by atomic mass is 10.0. The van der Waals surface area contributed by atoms with Gasteiger partial charge in [0.1, 0.15) is 23.2 Å². The summed E-state index contributed by atoms with van der Waals surface area (Å²) in [5.41, 5.74) is 0.234. The number of likely N-dealkylation sites (N-methyl/N-ethyl adjacent to an activating group) is 1. The van der Waals surface area contributed by atoms with Crippen LogP contribution in [0.15, 0.2) is 48.7 Å². The van der Waals surface area contributed by atoms with Crippen molar-refractivity contribution in [3.63, 3.8) is 0 Å². The Morgan fingerprint density at radius 1 is 1.34 bits per heavy atom. The van der Waals surface area contributed by atoms with Gasteiger partial charge in [-0.25, -0.2) is 22.2 Å². The minimum Gasteiger partial charge on any atom is -0.447 e. The third-order valence-electron chi connectivity index (χ3n) is 5.20. The fourth-order valence-corrected chi connectivity index (χ4v) is 4.94. The summed E-state index contributed by atoms with van der Waals surface area (Å²) in [6.45, 7) is 1.60. The van der Waals surface area contributed by atoms with Crippen molar-refractivity contribution in [3.8, 4) is 0 Å². The molecule has 1 saturated heterocycles. The summed E-state index contributed by atoms with van der Waals surface area (Å²) in [6.07, 6.45) is 8.18. The van der Waals surface area contributed by atoms with E-state index in [1.54, 1.807) is 37.3 Å². The van der Waals surface area contributed by atoms with Crippen LogP contribution in [0.3, 0.4) is 0 Å². The Hall–Kier alpha value is -3.14. The lowest BCUT2D eigenvalue weighted by molar-refractivity contribution is -0.120. The number of alkyl carbamates (subject to hydrolysis) is 1. The number of pyridine rings is 1. The maximum Gasteiger partial charge on any atom is 0.407 e. The zero-order chi connectivity index (χ0) is 20.8. The molecule has 1 fully saturated rings. The third kappa shape index (κ3) is 3.09. The zero-order valence-electron chi connectivity index (χ0n) is 15.9. The molecule has 3 heterocycles. The van der Waals surface area contributed by atoms with Crippen LogP contribution in [0.4, 0.5) is 10.6 Å². The van der Waals surface area contributed by atoms with Crippen LogP contribution in [0.1, 0.15) is 13.3 Å². The average molecular weight is 416 g/mol. The Kier molecular flexibility index (Phi) is 4.45. The maximum absolute atomic E-state index is 13.3. The number of anilines is 1. The van der Waals surface area contributed by atoms with Gasteiger partial charge in [-0.3, -0.25) is 9.69 Å². The highest BCUT2D eigenvalue weighted by molar-refractivity contribution is 7.91. The van der Waals surface area contributed by atoms with Gasteiger partial charge in [-0.1, -0.05) is 24.3 Å². The van der Waals surface area contributed by atoms with Crippen LogP contribution in [-0.2, 0) is 19.6 Å². The lowest BCUT2D eigenvalue weighted by Crippen LogP contribution is -2.44. The Morgan fingerprint density at radius 2 is 2.14 bits per heavy atom. The molecular formula is C19H20N4O5S. The standard InChI is InChI=1S/C19H20N4O5S/c1-19(9-4-3-5-10-19)29(26,27)23-11-8-13-6-7-15(21-16(13)23)22(2)17(24)14-12-28-18(25)20-14/h3-9,11,14H,10,12H2,1-2H3,(H,20,25)/t14-,19?/m0/s1. The second-order valence-corrected chi connectivity index (χ2v) is 9.47. The van der Waals surface area contributed by atoms with Gasteiger partial charge >= 0.3 is 6.09 Å². The number of nitrogens with one attached hydrogen (secondary N) is 1. The van der Waals surface area contributed by atoms with Crippen LogP contribution in [0, 0.1) is 0 Å². The zero-order valence-corrected chi connectivity index (χ0v) is 16.7. The Balaban J connectivity index is 1.71.